The molecule has 0 aliphatic heterocycles. The fourth-order valence-corrected chi connectivity index (χ4v) is 6.98. The number of aromatic nitrogens is 2. The van der Waals surface area contributed by atoms with Crippen molar-refractivity contribution in [2.45, 2.75) is 19.8 Å². The number of fused-ring (bicyclic) bond motifs is 6. The van der Waals surface area contributed by atoms with E-state index in [1.807, 2.05) is 0 Å². The summed E-state index contributed by atoms with van der Waals surface area (Å²) in [6, 6.07) is 54.0. The van der Waals surface area contributed by atoms with E-state index in [0.717, 1.165) is 66.6 Å². The smallest absolute Gasteiger partial charge is 0.149 e. The zero-order valence-electron chi connectivity index (χ0n) is 26.3. The van der Waals surface area contributed by atoms with Crippen molar-refractivity contribution < 1.29 is 4.42 Å². The fraction of sp³-hybridized carbons (Fsp3) is 0.0682. The zero-order valence-corrected chi connectivity index (χ0v) is 26.3. The van der Waals surface area contributed by atoms with Gasteiger partial charge in [-0.1, -0.05) is 135 Å². The molecule has 2 heterocycles. The first kappa shape index (κ1) is 27.4. The molecule has 0 radical (unpaired) electrons. The van der Waals surface area contributed by atoms with E-state index in [1.54, 1.807) is 0 Å². The van der Waals surface area contributed by atoms with Crippen LogP contribution in [0.2, 0.25) is 0 Å². The first-order chi connectivity index (χ1) is 23.1. The minimum atomic E-state index is 0.417. The maximum absolute atomic E-state index is 6.74. The number of nitrogens with zero attached hydrogens (tertiary/aromatic N) is 2. The summed E-state index contributed by atoms with van der Waals surface area (Å²) in [7, 11) is 0. The average Bonchev–Trinajstić information content (AvgIpc) is 3.71. The van der Waals surface area contributed by atoms with Gasteiger partial charge in [0.15, 0.2) is 0 Å². The van der Waals surface area contributed by atoms with Crippen molar-refractivity contribution in [2.75, 3.05) is 0 Å². The van der Waals surface area contributed by atoms with E-state index in [0.29, 0.717) is 5.92 Å². The monoisotopic (exact) mass is 604 g/mol. The lowest BCUT2D eigenvalue weighted by molar-refractivity contribution is 0.667. The third kappa shape index (κ3) is 4.46. The number of rotatable bonds is 5. The number of para-hydroxylation sites is 1. The number of furan rings is 1. The van der Waals surface area contributed by atoms with E-state index in [2.05, 4.69) is 170 Å². The molecule has 9 rings (SSSR count). The van der Waals surface area contributed by atoms with Crippen molar-refractivity contribution in [3.63, 3.8) is 0 Å². The van der Waals surface area contributed by atoms with Crippen molar-refractivity contribution in [2.24, 2.45) is 0 Å². The molecule has 0 bridgehead atoms. The maximum atomic E-state index is 6.74. The molecule has 0 N–H and O–H groups in total. The van der Waals surface area contributed by atoms with E-state index in [-0.39, 0.29) is 0 Å². The molecule has 0 amide bonds. The Labute approximate surface area is 273 Å². The fourth-order valence-electron chi connectivity index (χ4n) is 6.98. The van der Waals surface area contributed by atoms with Gasteiger partial charge in [0.25, 0.3) is 0 Å². The molecule has 0 saturated carbocycles. The normalized spacial score (nSPS) is 11.8. The third-order valence-electron chi connectivity index (χ3n) is 9.41. The molecule has 0 aliphatic carbocycles. The summed E-state index contributed by atoms with van der Waals surface area (Å²) < 4.78 is 9.08. The molecular weight excluding hydrogens is 572 g/mol. The maximum Gasteiger partial charge on any atom is 0.149 e. The van der Waals surface area contributed by atoms with Crippen LogP contribution in [0.4, 0.5) is 0 Å². The number of hydrogen-bond acceptors (Lipinski definition) is 2. The molecule has 0 fully saturated rings. The average molecular weight is 605 g/mol. The molecule has 3 heteroatoms. The second-order valence-corrected chi connectivity index (χ2v) is 12.6. The summed E-state index contributed by atoms with van der Waals surface area (Å²) in [5.41, 5.74) is 11.7. The standard InChI is InChI=1S/C44H32N2O/c1-28(2)32-20-23-35-36-18-11-19-37(43(36)47-41(35)27-32)44-45-42-34-17-10-9-16-31(34)21-25-40(42)46(44)39-24-22-33(29-12-5-3-6-13-29)26-38(39)30-14-7-4-8-15-30/h3-28H,1-2H3. The van der Waals surface area contributed by atoms with Gasteiger partial charge in [-0.25, -0.2) is 4.98 Å². The minimum Gasteiger partial charge on any atom is -0.455 e. The molecule has 2 aromatic heterocycles. The summed E-state index contributed by atoms with van der Waals surface area (Å²) in [6.07, 6.45) is 0. The van der Waals surface area contributed by atoms with Crippen LogP contribution in [-0.4, -0.2) is 9.55 Å². The molecule has 0 unspecified atom stereocenters. The number of benzene rings is 7. The Morgan fingerprint density at radius 2 is 1.30 bits per heavy atom. The van der Waals surface area contributed by atoms with Crippen molar-refractivity contribution in [1.29, 1.82) is 0 Å². The molecular formula is C44H32N2O. The van der Waals surface area contributed by atoms with Gasteiger partial charge < -0.3 is 4.42 Å². The van der Waals surface area contributed by atoms with Crippen LogP contribution in [-0.2, 0) is 0 Å². The highest BCUT2D eigenvalue weighted by molar-refractivity contribution is 6.11. The lowest BCUT2D eigenvalue weighted by atomic mass is 9.97. The van der Waals surface area contributed by atoms with E-state index in [9.17, 15) is 0 Å². The van der Waals surface area contributed by atoms with Crippen LogP contribution in [0.15, 0.2) is 156 Å². The highest BCUT2D eigenvalue weighted by Crippen LogP contribution is 2.42. The lowest BCUT2D eigenvalue weighted by Crippen LogP contribution is -2.01. The summed E-state index contributed by atoms with van der Waals surface area (Å²) >= 11 is 0. The first-order valence-corrected chi connectivity index (χ1v) is 16.2. The summed E-state index contributed by atoms with van der Waals surface area (Å²) in [4.78, 5) is 5.47. The van der Waals surface area contributed by atoms with Crippen molar-refractivity contribution >= 4 is 43.7 Å². The zero-order chi connectivity index (χ0) is 31.5. The van der Waals surface area contributed by atoms with Gasteiger partial charge in [-0.2, -0.15) is 0 Å². The predicted molar refractivity (Wildman–Crippen MR) is 196 cm³/mol. The van der Waals surface area contributed by atoms with Gasteiger partial charge in [0.2, 0.25) is 0 Å². The van der Waals surface area contributed by atoms with Crippen LogP contribution in [0.3, 0.4) is 0 Å². The van der Waals surface area contributed by atoms with Crippen molar-refractivity contribution in [1.82, 2.24) is 9.55 Å². The molecule has 0 aliphatic rings. The molecule has 47 heavy (non-hydrogen) atoms. The van der Waals surface area contributed by atoms with E-state index < -0.39 is 0 Å². The Morgan fingerprint density at radius 3 is 2.11 bits per heavy atom. The van der Waals surface area contributed by atoms with Gasteiger partial charge in [0.05, 0.1) is 22.3 Å². The largest absolute Gasteiger partial charge is 0.455 e. The topological polar surface area (TPSA) is 31.0 Å². The number of hydrogen-bond donors (Lipinski definition) is 0. The Bertz CT molecular complexity index is 2590. The van der Waals surface area contributed by atoms with E-state index in [1.165, 1.54) is 22.1 Å². The predicted octanol–water partition coefficient (Wildman–Crippen LogP) is 12.2. The third-order valence-corrected chi connectivity index (χ3v) is 9.41. The molecule has 0 atom stereocenters. The minimum absolute atomic E-state index is 0.417. The van der Waals surface area contributed by atoms with Crippen LogP contribution in [0.1, 0.15) is 25.3 Å². The Balaban J connectivity index is 1.38. The molecule has 224 valence electrons. The second kappa shape index (κ2) is 10.9. The molecule has 9 aromatic rings. The number of imidazole rings is 1. The SMILES string of the molecule is CC(C)c1ccc2c(c1)oc1c(-c3nc4c5ccccc5ccc4n3-c3ccc(-c4ccccc4)cc3-c3ccccc3)cccc12. The van der Waals surface area contributed by atoms with Gasteiger partial charge in [-0.3, -0.25) is 4.57 Å². The summed E-state index contributed by atoms with van der Waals surface area (Å²) in [5.74, 6) is 1.27. The summed E-state index contributed by atoms with van der Waals surface area (Å²) in [5, 5.41) is 4.52. The van der Waals surface area contributed by atoms with Crippen LogP contribution in [0.5, 0.6) is 0 Å². The van der Waals surface area contributed by atoms with Crippen molar-refractivity contribution in [3.05, 3.63) is 157 Å². The van der Waals surface area contributed by atoms with E-state index >= 15 is 0 Å². The molecule has 0 spiro atoms. The Kier molecular flexibility index (Phi) is 6.32. The first-order valence-electron chi connectivity index (χ1n) is 16.2. The van der Waals surface area contributed by atoms with Gasteiger partial charge in [-0.15, -0.1) is 0 Å². The van der Waals surface area contributed by atoms with Crippen LogP contribution >= 0.6 is 0 Å². The molecule has 7 aromatic carbocycles. The van der Waals surface area contributed by atoms with Gasteiger partial charge >= 0.3 is 0 Å². The molecule has 0 saturated heterocycles. The Hall–Kier alpha value is -5.93. The highest BCUT2D eigenvalue weighted by atomic mass is 16.3. The van der Waals surface area contributed by atoms with Crippen LogP contribution in [0, 0.1) is 0 Å². The van der Waals surface area contributed by atoms with Crippen molar-refractivity contribution in [3.8, 4) is 39.3 Å². The highest BCUT2D eigenvalue weighted by Gasteiger charge is 2.23. The van der Waals surface area contributed by atoms with Crippen LogP contribution < -0.4 is 0 Å². The van der Waals surface area contributed by atoms with Gasteiger partial charge in [0.1, 0.15) is 17.0 Å². The molecule has 3 nitrogen and oxygen atoms in total. The lowest BCUT2D eigenvalue weighted by Gasteiger charge is -2.17. The van der Waals surface area contributed by atoms with Gasteiger partial charge in [0, 0.05) is 21.7 Å². The second-order valence-electron chi connectivity index (χ2n) is 12.6. The van der Waals surface area contributed by atoms with E-state index in [4.69, 9.17) is 9.40 Å². The van der Waals surface area contributed by atoms with Crippen LogP contribution in [0.25, 0.3) is 83.1 Å². The quantitative estimate of drug-likeness (QED) is 0.196. The Morgan fingerprint density at radius 1 is 0.553 bits per heavy atom. The van der Waals surface area contributed by atoms with Gasteiger partial charge in [-0.05, 0) is 63.9 Å². The summed E-state index contributed by atoms with van der Waals surface area (Å²) in [6.45, 7) is 4.44.